The van der Waals surface area contributed by atoms with Gasteiger partial charge in [0.05, 0.1) is 0 Å². The number of unbranched alkanes of at least 4 members (excludes halogenated alkanes) is 5. The third kappa shape index (κ3) is 122. The van der Waals surface area contributed by atoms with Gasteiger partial charge < -0.3 is 25.5 Å². The number of hydrogen-bond acceptors (Lipinski definition) is 5. The van der Waals surface area contributed by atoms with E-state index >= 15 is 0 Å². The minimum absolute atomic E-state index is 0. The van der Waals surface area contributed by atoms with E-state index in [2.05, 4.69) is 34.6 Å². The van der Waals surface area contributed by atoms with Gasteiger partial charge in [-0.15, -0.1) is 0 Å². The van der Waals surface area contributed by atoms with Gasteiger partial charge in [-0.25, -0.2) is 0 Å². The van der Waals surface area contributed by atoms with Crippen molar-refractivity contribution in [1.29, 1.82) is 0 Å². The first-order valence-corrected chi connectivity index (χ1v) is 10.1. The van der Waals surface area contributed by atoms with E-state index in [0.29, 0.717) is 33.0 Å². The zero-order valence-electron chi connectivity index (χ0n) is 18.3. The van der Waals surface area contributed by atoms with E-state index < -0.39 is 0 Å². The SMILES string of the molecule is CCCCO.CCCCO.CCCCO.CCCCO.CCCCO.[Ta]. The number of aliphatic hydroxyl groups excluding tert-OH is 5. The van der Waals surface area contributed by atoms with Gasteiger partial charge in [0.1, 0.15) is 0 Å². The summed E-state index contributed by atoms with van der Waals surface area (Å²) in [4.78, 5) is 0. The van der Waals surface area contributed by atoms with Crippen LogP contribution in [0.15, 0.2) is 0 Å². The minimum Gasteiger partial charge on any atom is -0.396 e. The Morgan fingerprint density at radius 3 is 0.462 bits per heavy atom. The molecule has 0 spiro atoms. The predicted molar refractivity (Wildman–Crippen MR) is 110 cm³/mol. The normalized spacial score (nSPS) is 8.08. The summed E-state index contributed by atoms with van der Waals surface area (Å²) < 4.78 is 0. The molecule has 0 rings (SSSR count). The summed E-state index contributed by atoms with van der Waals surface area (Å²) in [6.07, 6.45) is 10.2. The van der Waals surface area contributed by atoms with Crippen LogP contribution in [0, 0.1) is 0 Å². The van der Waals surface area contributed by atoms with Crippen LogP contribution in [-0.2, 0) is 22.4 Å². The van der Waals surface area contributed by atoms with Gasteiger partial charge in [0.25, 0.3) is 0 Å². The second-order valence-corrected chi connectivity index (χ2v) is 5.39. The van der Waals surface area contributed by atoms with Gasteiger partial charge in [-0.05, 0) is 32.1 Å². The molecule has 0 aromatic carbocycles. The molecule has 5 nitrogen and oxygen atoms in total. The Labute approximate surface area is 179 Å². The van der Waals surface area contributed by atoms with Gasteiger partial charge in [-0.1, -0.05) is 66.7 Å². The molecular weight excluding hydrogens is 501 g/mol. The van der Waals surface area contributed by atoms with E-state index in [4.69, 9.17) is 25.5 Å². The van der Waals surface area contributed by atoms with Crippen molar-refractivity contribution < 1.29 is 47.9 Å². The molecule has 0 bridgehead atoms. The third-order valence-electron chi connectivity index (χ3n) is 2.56. The molecule has 0 saturated heterocycles. The maximum absolute atomic E-state index is 8.07. The van der Waals surface area contributed by atoms with E-state index in [1.54, 1.807) is 0 Å². The van der Waals surface area contributed by atoms with Crippen LogP contribution < -0.4 is 0 Å². The molecule has 0 heterocycles. The fraction of sp³-hybridized carbons (Fsp3) is 1.00. The second kappa shape index (κ2) is 63.7. The van der Waals surface area contributed by atoms with Crippen molar-refractivity contribution in [1.82, 2.24) is 0 Å². The van der Waals surface area contributed by atoms with Crippen molar-refractivity contribution in [2.75, 3.05) is 33.0 Å². The van der Waals surface area contributed by atoms with Gasteiger partial charge in [0.2, 0.25) is 0 Å². The molecular formula is C20H50O5Ta. The van der Waals surface area contributed by atoms with E-state index in [-0.39, 0.29) is 22.4 Å². The molecule has 0 aliphatic carbocycles. The molecule has 6 heteroatoms. The summed E-state index contributed by atoms with van der Waals surface area (Å²) in [6.45, 7) is 12.0. The fourth-order valence-corrected chi connectivity index (χ4v) is 0.791. The second-order valence-electron chi connectivity index (χ2n) is 5.39. The smallest absolute Gasteiger partial charge is 0.0430 e. The summed E-state index contributed by atoms with van der Waals surface area (Å²) in [5.74, 6) is 0. The van der Waals surface area contributed by atoms with Crippen molar-refractivity contribution in [3.05, 3.63) is 0 Å². The molecule has 0 amide bonds. The van der Waals surface area contributed by atoms with Crippen molar-refractivity contribution in [3.8, 4) is 0 Å². The van der Waals surface area contributed by atoms with E-state index in [9.17, 15) is 0 Å². The molecule has 0 fully saturated rings. The van der Waals surface area contributed by atoms with Crippen molar-refractivity contribution in [2.24, 2.45) is 0 Å². The fourth-order valence-electron chi connectivity index (χ4n) is 0.791. The standard InChI is InChI=1S/5C4H10O.Ta/c5*1-2-3-4-5;/h5*5H,2-4H2,1H3;. The van der Waals surface area contributed by atoms with Gasteiger partial charge >= 0.3 is 0 Å². The Balaban J connectivity index is -0.0000000476. The molecule has 0 saturated carbocycles. The summed E-state index contributed by atoms with van der Waals surface area (Å²) in [6, 6.07) is 0. The van der Waals surface area contributed by atoms with E-state index in [1.807, 2.05) is 0 Å². The van der Waals surface area contributed by atoms with Gasteiger partial charge in [0, 0.05) is 55.4 Å². The Hall–Kier alpha value is 0.540. The Kier molecular flexibility index (Phi) is 101. The molecule has 0 atom stereocenters. The van der Waals surface area contributed by atoms with Crippen molar-refractivity contribution in [3.63, 3.8) is 0 Å². The van der Waals surface area contributed by atoms with Gasteiger partial charge in [-0.3, -0.25) is 0 Å². The van der Waals surface area contributed by atoms with Crippen molar-refractivity contribution >= 4 is 0 Å². The minimum atomic E-state index is 0. The predicted octanol–water partition coefficient (Wildman–Crippen LogP) is 3.89. The van der Waals surface area contributed by atoms with Gasteiger partial charge in [-0.2, -0.15) is 0 Å². The zero-order valence-corrected chi connectivity index (χ0v) is 21.5. The molecule has 0 aliphatic rings. The average molecular weight is 552 g/mol. The first-order chi connectivity index (χ1) is 12.1. The van der Waals surface area contributed by atoms with Crippen LogP contribution in [0.25, 0.3) is 0 Å². The summed E-state index contributed by atoms with van der Waals surface area (Å²) in [7, 11) is 0. The van der Waals surface area contributed by atoms with E-state index in [0.717, 1.165) is 64.2 Å². The number of rotatable bonds is 10. The molecule has 0 unspecified atom stereocenters. The van der Waals surface area contributed by atoms with Crippen molar-refractivity contribution in [2.45, 2.75) is 98.8 Å². The summed E-state index contributed by atoms with van der Waals surface area (Å²) in [5.41, 5.74) is 0. The van der Waals surface area contributed by atoms with Crippen LogP contribution in [0.1, 0.15) is 98.8 Å². The van der Waals surface area contributed by atoms with Crippen LogP contribution in [-0.4, -0.2) is 58.6 Å². The molecule has 0 aliphatic heterocycles. The maximum Gasteiger partial charge on any atom is 0.0430 e. The first kappa shape index (κ1) is 41.0. The zero-order chi connectivity index (χ0) is 20.6. The molecule has 0 aromatic rings. The third-order valence-corrected chi connectivity index (χ3v) is 2.56. The molecule has 26 heavy (non-hydrogen) atoms. The van der Waals surface area contributed by atoms with Gasteiger partial charge in [0.15, 0.2) is 0 Å². The van der Waals surface area contributed by atoms with Crippen LogP contribution >= 0.6 is 0 Å². The number of aliphatic hydroxyl groups is 5. The average Bonchev–Trinajstić information content (AvgIpc) is 2.61. The molecule has 5 N–H and O–H groups in total. The Morgan fingerprint density at radius 1 is 0.346 bits per heavy atom. The summed E-state index contributed by atoms with van der Waals surface area (Å²) in [5, 5.41) is 40.3. The summed E-state index contributed by atoms with van der Waals surface area (Å²) >= 11 is 0. The molecule has 0 aromatic heterocycles. The largest absolute Gasteiger partial charge is 0.396 e. The van der Waals surface area contributed by atoms with Crippen LogP contribution in [0.5, 0.6) is 0 Å². The van der Waals surface area contributed by atoms with E-state index in [1.165, 1.54) is 0 Å². The van der Waals surface area contributed by atoms with Crippen LogP contribution in [0.2, 0.25) is 0 Å². The topological polar surface area (TPSA) is 101 Å². The van der Waals surface area contributed by atoms with Crippen LogP contribution in [0.3, 0.4) is 0 Å². The Morgan fingerprint density at radius 2 is 0.462 bits per heavy atom. The monoisotopic (exact) mass is 551 g/mol. The van der Waals surface area contributed by atoms with Crippen LogP contribution in [0.4, 0.5) is 0 Å². The number of hydrogen-bond donors (Lipinski definition) is 5. The molecule has 165 valence electrons. The maximum atomic E-state index is 8.07. The Bertz CT molecular complexity index is 96.5. The molecule has 1 radical (unpaired) electrons. The quantitative estimate of drug-likeness (QED) is 0.284. The first-order valence-electron chi connectivity index (χ1n) is 10.1.